The van der Waals surface area contributed by atoms with Gasteiger partial charge in [-0.2, -0.15) is 0 Å². The van der Waals surface area contributed by atoms with Crippen LogP contribution in [0.4, 0.5) is 0 Å². The Bertz CT molecular complexity index is 34.4. The van der Waals surface area contributed by atoms with Crippen molar-refractivity contribution in [1.29, 1.82) is 0 Å². The summed E-state index contributed by atoms with van der Waals surface area (Å²) in [4.78, 5) is 0. The maximum Gasteiger partial charge on any atom is 0.334 e. The van der Waals surface area contributed by atoms with E-state index < -0.39 is 9.28 Å². The summed E-state index contributed by atoms with van der Waals surface area (Å²) in [6.45, 7) is 0. The van der Waals surface area contributed by atoms with Gasteiger partial charge in [-0.15, -0.1) is 0 Å². The summed E-state index contributed by atoms with van der Waals surface area (Å²) in [5, 5.41) is 0. The zero-order chi connectivity index (χ0) is 5.70. The van der Waals surface area contributed by atoms with Crippen LogP contribution >= 0.6 is 0 Å². The smallest absolute Gasteiger partial charge is 0.334 e. The summed E-state index contributed by atoms with van der Waals surface area (Å²) in [6, 6.07) is 0. The highest BCUT2D eigenvalue weighted by Gasteiger charge is 2.02. The van der Waals surface area contributed by atoms with Gasteiger partial charge in [-0.25, -0.2) is 0 Å². The average Bonchev–Trinajstić information content (AvgIpc) is 1.72. The van der Waals surface area contributed by atoms with Gasteiger partial charge < -0.3 is 14.6 Å². The van der Waals surface area contributed by atoms with Crippen molar-refractivity contribution in [3.8, 4) is 0 Å². The van der Waals surface area contributed by atoms with Gasteiger partial charge in [0.1, 0.15) is 0 Å². The molecule has 0 atom stereocenters. The van der Waals surface area contributed by atoms with Crippen molar-refractivity contribution in [1.82, 2.24) is 0 Å². The van der Waals surface area contributed by atoms with Gasteiger partial charge in [-0.3, -0.25) is 0 Å². The second-order valence-electron chi connectivity index (χ2n) is 1.14. The first-order valence-electron chi connectivity index (χ1n) is 2.10. The molecule has 0 spiro atoms. The fourth-order valence-corrected chi connectivity index (χ4v) is 0.866. The van der Waals surface area contributed by atoms with Crippen molar-refractivity contribution in [2.75, 3.05) is 20.4 Å². The van der Waals surface area contributed by atoms with E-state index in [1.165, 1.54) is 0 Å². The Hall–Kier alpha value is 0.0969. The van der Waals surface area contributed by atoms with Crippen molar-refractivity contribution >= 4 is 9.28 Å². The number of hydrogen-bond donors (Lipinski definition) is 1. The predicted molar refractivity (Wildman–Crippen MR) is 30.2 cm³/mol. The Kier molecular flexibility index (Phi) is 4.32. The zero-order valence-corrected chi connectivity index (χ0v) is 5.83. The van der Waals surface area contributed by atoms with E-state index in [4.69, 9.17) is 14.6 Å². The molecular formula is C3H11NO2Si. The summed E-state index contributed by atoms with van der Waals surface area (Å²) in [5.74, 6) is 0. The van der Waals surface area contributed by atoms with Gasteiger partial charge >= 0.3 is 9.28 Å². The average molecular weight is 121 g/mol. The van der Waals surface area contributed by atoms with Crippen LogP contribution < -0.4 is 5.73 Å². The van der Waals surface area contributed by atoms with Gasteiger partial charge in [0.15, 0.2) is 0 Å². The molecule has 0 rings (SSSR count). The third-order valence-electron chi connectivity index (χ3n) is 0.718. The molecule has 0 amide bonds. The molecule has 44 valence electrons. The highest BCUT2D eigenvalue weighted by molar-refractivity contribution is 6.44. The second-order valence-corrected chi connectivity index (χ2v) is 3.41. The Labute approximate surface area is 45.3 Å². The molecule has 0 aliphatic heterocycles. The van der Waals surface area contributed by atoms with Crippen molar-refractivity contribution in [3.05, 3.63) is 0 Å². The third kappa shape index (κ3) is 2.75. The summed E-state index contributed by atoms with van der Waals surface area (Å²) >= 11 is 0. The van der Waals surface area contributed by atoms with E-state index in [-0.39, 0.29) is 0 Å². The molecule has 0 aliphatic carbocycles. The van der Waals surface area contributed by atoms with Crippen LogP contribution in [0.15, 0.2) is 0 Å². The largest absolute Gasteiger partial charge is 0.399 e. The highest BCUT2D eigenvalue weighted by Crippen LogP contribution is 1.76. The summed E-state index contributed by atoms with van der Waals surface area (Å²) < 4.78 is 9.68. The lowest BCUT2D eigenvalue weighted by Crippen LogP contribution is -2.29. The zero-order valence-electron chi connectivity index (χ0n) is 4.68. The number of hydrogen-bond acceptors (Lipinski definition) is 3. The van der Waals surface area contributed by atoms with Crippen molar-refractivity contribution in [2.24, 2.45) is 5.73 Å². The number of rotatable bonds is 3. The van der Waals surface area contributed by atoms with E-state index >= 15 is 0 Å². The molecule has 4 heteroatoms. The van der Waals surface area contributed by atoms with Crippen LogP contribution in [0, 0.1) is 0 Å². The molecule has 3 nitrogen and oxygen atoms in total. The minimum atomic E-state index is -1.39. The van der Waals surface area contributed by atoms with E-state index in [1.807, 2.05) is 0 Å². The predicted octanol–water partition coefficient (Wildman–Crippen LogP) is -1.00. The van der Waals surface area contributed by atoms with Crippen LogP contribution in [-0.4, -0.2) is 29.7 Å². The maximum absolute atomic E-state index is 5.21. The molecule has 7 heavy (non-hydrogen) atoms. The van der Waals surface area contributed by atoms with Crippen LogP contribution in [0.2, 0.25) is 0 Å². The standard InChI is InChI=1S/C3H11NO2Si/c1-5-7(3-4)6-2/h7H,3-4H2,1-2H3. The molecule has 0 heterocycles. The molecule has 0 aromatic rings. The lowest BCUT2D eigenvalue weighted by atomic mass is 11.5. The maximum atomic E-state index is 5.21. The molecule has 0 fully saturated rings. The van der Waals surface area contributed by atoms with Crippen LogP contribution in [-0.2, 0) is 8.85 Å². The molecule has 0 bridgehead atoms. The quantitative estimate of drug-likeness (QED) is 0.487. The van der Waals surface area contributed by atoms with Crippen molar-refractivity contribution in [2.45, 2.75) is 0 Å². The normalized spacial score (nSPS) is 10.3. The van der Waals surface area contributed by atoms with Gasteiger partial charge in [0.05, 0.1) is 0 Å². The van der Waals surface area contributed by atoms with Crippen LogP contribution in [0.1, 0.15) is 0 Å². The van der Waals surface area contributed by atoms with E-state index in [9.17, 15) is 0 Å². The van der Waals surface area contributed by atoms with Crippen LogP contribution in [0.3, 0.4) is 0 Å². The second kappa shape index (κ2) is 4.26. The number of nitrogens with two attached hydrogens (primary N) is 1. The Morgan fingerprint density at radius 3 is 1.86 bits per heavy atom. The van der Waals surface area contributed by atoms with Gasteiger partial charge in [-0.05, 0) is 0 Å². The summed E-state index contributed by atoms with van der Waals surface area (Å²) in [7, 11) is 1.84. The Morgan fingerprint density at radius 1 is 1.43 bits per heavy atom. The summed E-state index contributed by atoms with van der Waals surface area (Å²) in [5.41, 5.74) is 5.21. The lowest BCUT2D eigenvalue weighted by Gasteiger charge is -2.05. The molecule has 0 unspecified atom stereocenters. The summed E-state index contributed by atoms with van der Waals surface area (Å²) in [6.07, 6.45) is 0.549. The van der Waals surface area contributed by atoms with E-state index in [2.05, 4.69) is 0 Å². The molecule has 0 aromatic heterocycles. The lowest BCUT2D eigenvalue weighted by molar-refractivity contribution is 0.279. The minimum Gasteiger partial charge on any atom is -0.399 e. The Balaban J connectivity index is 2.99. The first kappa shape index (κ1) is 7.10. The van der Waals surface area contributed by atoms with Gasteiger partial charge in [-0.1, -0.05) is 0 Å². The van der Waals surface area contributed by atoms with Gasteiger partial charge in [0, 0.05) is 20.4 Å². The molecule has 0 radical (unpaired) electrons. The SMILES string of the molecule is CO[SiH](CN)OC. The van der Waals surface area contributed by atoms with E-state index in [0.29, 0.717) is 6.17 Å². The third-order valence-corrected chi connectivity index (χ3v) is 2.15. The first-order valence-corrected chi connectivity index (χ1v) is 3.86. The molecule has 0 saturated carbocycles. The van der Waals surface area contributed by atoms with Crippen molar-refractivity contribution in [3.63, 3.8) is 0 Å². The molecular weight excluding hydrogens is 110 g/mol. The molecule has 0 aliphatic rings. The van der Waals surface area contributed by atoms with E-state index in [1.54, 1.807) is 14.2 Å². The molecule has 2 N–H and O–H groups in total. The topological polar surface area (TPSA) is 44.5 Å². The van der Waals surface area contributed by atoms with Gasteiger partial charge in [0.25, 0.3) is 0 Å². The van der Waals surface area contributed by atoms with Crippen molar-refractivity contribution < 1.29 is 8.85 Å². The fourth-order valence-electron chi connectivity index (χ4n) is 0.289. The monoisotopic (exact) mass is 121 g/mol. The Morgan fingerprint density at radius 2 is 1.86 bits per heavy atom. The minimum absolute atomic E-state index is 0.549. The van der Waals surface area contributed by atoms with Gasteiger partial charge in [0.2, 0.25) is 0 Å². The molecule has 0 aromatic carbocycles. The van der Waals surface area contributed by atoms with Crippen LogP contribution in [0.5, 0.6) is 0 Å². The van der Waals surface area contributed by atoms with E-state index in [0.717, 1.165) is 0 Å². The first-order chi connectivity index (χ1) is 3.35. The molecule has 0 saturated heterocycles. The highest BCUT2D eigenvalue weighted by atomic mass is 28.3. The fraction of sp³-hybridized carbons (Fsp3) is 1.00. The van der Waals surface area contributed by atoms with Crippen LogP contribution in [0.25, 0.3) is 0 Å².